The summed E-state index contributed by atoms with van der Waals surface area (Å²) < 4.78 is 7.69. The van der Waals surface area contributed by atoms with Crippen molar-refractivity contribution in [1.82, 2.24) is 14.7 Å². The van der Waals surface area contributed by atoms with Crippen LogP contribution in [0.1, 0.15) is 15.9 Å². The van der Waals surface area contributed by atoms with E-state index < -0.39 is 0 Å². The largest absolute Gasteiger partial charge is 0.492 e. The summed E-state index contributed by atoms with van der Waals surface area (Å²) in [4.78, 5) is 14.6. The van der Waals surface area contributed by atoms with Gasteiger partial charge in [0, 0.05) is 37.6 Å². The second-order valence-corrected chi connectivity index (χ2v) is 7.28. The number of anilines is 1. The van der Waals surface area contributed by atoms with Crippen molar-refractivity contribution < 1.29 is 9.53 Å². The Hall–Kier alpha value is -2.83. The molecular weight excluding hydrogens is 376 g/mol. The van der Waals surface area contributed by atoms with E-state index in [2.05, 4.69) is 15.3 Å². The molecule has 0 spiro atoms. The lowest BCUT2D eigenvalue weighted by molar-refractivity contribution is 0.102. The first-order chi connectivity index (χ1) is 13.6. The van der Waals surface area contributed by atoms with E-state index in [1.165, 1.54) is 5.56 Å². The summed E-state index contributed by atoms with van der Waals surface area (Å²) in [7, 11) is 1.92. The van der Waals surface area contributed by atoms with Crippen LogP contribution in [-0.2, 0) is 13.6 Å². The van der Waals surface area contributed by atoms with E-state index in [0.717, 1.165) is 18.8 Å². The Morgan fingerprint density at radius 2 is 2.04 bits per heavy atom. The maximum absolute atomic E-state index is 12.3. The fourth-order valence-corrected chi connectivity index (χ4v) is 3.26. The number of hydrogen-bond donors (Lipinski definition) is 1. The SMILES string of the molecule is Cn1cc(CN2CC2COc2ccc(NC(=O)c3ccccc3Cl)cc2)cn1. The molecule has 3 aromatic rings. The number of halogens is 1. The fraction of sp³-hybridized carbons (Fsp3) is 0.238. The predicted molar refractivity (Wildman–Crippen MR) is 109 cm³/mol. The molecule has 0 radical (unpaired) electrons. The summed E-state index contributed by atoms with van der Waals surface area (Å²) >= 11 is 6.06. The summed E-state index contributed by atoms with van der Waals surface area (Å²) in [5.41, 5.74) is 2.36. The molecule has 28 heavy (non-hydrogen) atoms. The van der Waals surface area contributed by atoms with Gasteiger partial charge in [0.1, 0.15) is 12.4 Å². The van der Waals surface area contributed by atoms with E-state index in [1.807, 2.05) is 48.4 Å². The van der Waals surface area contributed by atoms with Crippen LogP contribution in [0.3, 0.4) is 0 Å². The second kappa shape index (κ2) is 8.04. The molecule has 2 aromatic carbocycles. The van der Waals surface area contributed by atoms with E-state index in [9.17, 15) is 4.79 Å². The lowest BCUT2D eigenvalue weighted by atomic mass is 10.2. The third kappa shape index (κ3) is 4.52. The first kappa shape index (κ1) is 18.5. The van der Waals surface area contributed by atoms with E-state index in [4.69, 9.17) is 16.3 Å². The highest BCUT2D eigenvalue weighted by Gasteiger charge is 2.34. The molecule has 6 nitrogen and oxygen atoms in total. The van der Waals surface area contributed by atoms with Gasteiger partial charge < -0.3 is 10.1 Å². The molecule has 0 aliphatic carbocycles. The molecule has 7 heteroatoms. The number of ether oxygens (including phenoxy) is 1. The zero-order valence-corrected chi connectivity index (χ0v) is 16.3. The summed E-state index contributed by atoms with van der Waals surface area (Å²) in [5.74, 6) is 0.548. The van der Waals surface area contributed by atoms with Crippen LogP contribution in [-0.4, -0.2) is 39.8 Å². The number of nitrogens with one attached hydrogen (secondary N) is 1. The van der Waals surface area contributed by atoms with Gasteiger partial charge in [0.25, 0.3) is 5.91 Å². The van der Waals surface area contributed by atoms with Crippen molar-refractivity contribution in [3.8, 4) is 5.75 Å². The Morgan fingerprint density at radius 3 is 2.75 bits per heavy atom. The predicted octanol–water partition coefficient (Wildman–Crippen LogP) is 3.59. The van der Waals surface area contributed by atoms with Gasteiger partial charge in [0.15, 0.2) is 0 Å². The van der Waals surface area contributed by atoms with Crippen LogP contribution in [0.4, 0.5) is 5.69 Å². The van der Waals surface area contributed by atoms with Gasteiger partial charge in [-0.3, -0.25) is 14.4 Å². The Labute approximate surface area is 168 Å². The van der Waals surface area contributed by atoms with E-state index >= 15 is 0 Å². The Kier molecular flexibility index (Phi) is 5.32. The standard InChI is InChI=1S/C21H21ClN4O2/c1-25-11-15(10-23-25)12-26-13-17(26)14-28-18-8-6-16(7-9-18)24-21(27)19-4-2-3-5-20(19)22/h2-11,17H,12-14H2,1H3,(H,24,27). The van der Waals surface area contributed by atoms with Gasteiger partial charge in [-0.05, 0) is 36.4 Å². The number of aryl methyl sites for hydroxylation is 1. The van der Waals surface area contributed by atoms with Crippen molar-refractivity contribution in [2.75, 3.05) is 18.5 Å². The molecule has 4 rings (SSSR count). The van der Waals surface area contributed by atoms with E-state index in [0.29, 0.717) is 28.9 Å². The van der Waals surface area contributed by atoms with Gasteiger partial charge >= 0.3 is 0 Å². The molecule has 2 atom stereocenters. The number of hydrogen-bond acceptors (Lipinski definition) is 4. The topological polar surface area (TPSA) is 59.2 Å². The van der Waals surface area contributed by atoms with Crippen LogP contribution in [0.15, 0.2) is 60.9 Å². The molecule has 1 fully saturated rings. The van der Waals surface area contributed by atoms with Gasteiger partial charge in [0.05, 0.1) is 22.8 Å². The zero-order valence-electron chi connectivity index (χ0n) is 15.5. The summed E-state index contributed by atoms with van der Waals surface area (Å²) in [6.07, 6.45) is 3.93. The van der Waals surface area contributed by atoms with Gasteiger partial charge in [-0.1, -0.05) is 23.7 Å². The first-order valence-corrected chi connectivity index (χ1v) is 9.46. The molecule has 1 saturated heterocycles. The quantitative estimate of drug-likeness (QED) is 0.620. The van der Waals surface area contributed by atoms with Crippen molar-refractivity contribution in [3.63, 3.8) is 0 Å². The molecule has 1 N–H and O–H groups in total. The number of aromatic nitrogens is 2. The normalized spacial score (nSPS) is 17.9. The Morgan fingerprint density at radius 1 is 1.25 bits per heavy atom. The Bertz CT molecular complexity index is 971. The van der Waals surface area contributed by atoms with Crippen LogP contribution in [0, 0.1) is 0 Å². The molecule has 1 aliphatic heterocycles. The molecule has 0 saturated carbocycles. The molecule has 1 amide bonds. The van der Waals surface area contributed by atoms with Crippen LogP contribution in [0.25, 0.3) is 0 Å². The number of benzene rings is 2. The Balaban J connectivity index is 1.25. The first-order valence-electron chi connectivity index (χ1n) is 9.09. The minimum atomic E-state index is -0.233. The van der Waals surface area contributed by atoms with E-state index in [1.54, 1.807) is 24.3 Å². The lowest BCUT2D eigenvalue weighted by Gasteiger charge is -2.09. The van der Waals surface area contributed by atoms with Crippen molar-refractivity contribution in [2.24, 2.45) is 7.05 Å². The molecule has 1 aliphatic rings. The third-order valence-corrected chi connectivity index (χ3v) is 4.97. The van der Waals surface area contributed by atoms with Crippen molar-refractivity contribution in [3.05, 3.63) is 77.1 Å². The molecule has 1 aromatic heterocycles. The number of carbonyl (C=O) groups is 1. The number of rotatable bonds is 7. The smallest absolute Gasteiger partial charge is 0.257 e. The van der Waals surface area contributed by atoms with Crippen molar-refractivity contribution >= 4 is 23.2 Å². The second-order valence-electron chi connectivity index (χ2n) is 6.87. The molecule has 2 heterocycles. The molecule has 144 valence electrons. The van der Waals surface area contributed by atoms with Crippen molar-refractivity contribution in [1.29, 1.82) is 0 Å². The third-order valence-electron chi connectivity index (χ3n) is 4.65. The monoisotopic (exact) mass is 396 g/mol. The van der Waals surface area contributed by atoms with Crippen LogP contribution < -0.4 is 10.1 Å². The molecule has 2 unspecified atom stereocenters. The van der Waals surface area contributed by atoms with Gasteiger partial charge in [-0.2, -0.15) is 5.10 Å². The van der Waals surface area contributed by atoms with Crippen LogP contribution in [0.2, 0.25) is 5.02 Å². The van der Waals surface area contributed by atoms with Gasteiger partial charge in [-0.15, -0.1) is 0 Å². The zero-order chi connectivity index (χ0) is 19.5. The van der Waals surface area contributed by atoms with Gasteiger partial charge in [0.2, 0.25) is 0 Å². The fourth-order valence-electron chi connectivity index (χ4n) is 3.03. The summed E-state index contributed by atoms with van der Waals surface area (Å²) in [5, 5.41) is 7.47. The highest BCUT2D eigenvalue weighted by Crippen LogP contribution is 2.23. The molecular formula is C21H21ClN4O2. The van der Waals surface area contributed by atoms with Crippen molar-refractivity contribution in [2.45, 2.75) is 12.6 Å². The number of nitrogens with zero attached hydrogens (tertiary/aromatic N) is 3. The summed E-state index contributed by atoms with van der Waals surface area (Å²) in [6.45, 7) is 2.57. The minimum Gasteiger partial charge on any atom is -0.492 e. The highest BCUT2D eigenvalue weighted by molar-refractivity contribution is 6.34. The van der Waals surface area contributed by atoms with Crippen LogP contribution in [0.5, 0.6) is 5.75 Å². The maximum atomic E-state index is 12.3. The number of carbonyl (C=O) groups excluding carboxylic acids is 1. The molecule has 0 bridgehead atoms. The minimum absolute atomic E-state index is 0.233. The number of amides is 1. The average molecular weight is 397 g/mol. The maximum Gasteiger partial charge on any atom is 0.257 e. The lowest BCUT2D eigenvalue weighted by Crippen LogP contribution is -2.12. The highest BCUT2D eigenvalue weighted by atomic mass is 35.5. The summed E-state index contributed by atoms with van der Waals surface area (Å²) in [6, 6.07) is 14.8. The van der Waals surface area contributed by atoms with Crippen LogP contribution >= 0.6 is 11.6 Å². The van der Waals surface area contributed by atoms with E-state index in [-0.39, 0.29) is 5.91 Å². The average Bonchev–Trinajstić information content (AvgIpc) is 3.30. The van der Waals surface area contributed by atoms with Gasteiger partial charge in [-0.25, -0.2) is 0 Å².